The van der Waals surface area contributed by atoms with E-state index in [9.17, 15) is 13.6 Å². The lowest BCUT2D eigenvalue weighted by molar-refractivity contribution is -0.115. The van der Waals surface area contributed by atoms with Crippen LogP contribution in [0.1, 0.15) is 12.5 Å². The molecular formula is C18H17F2N5O2S. The predicted octanol–water partition coefficient (Wildman–Crippen LogP) is 3.38. The zero-order valence-corrected chi connectivity index (χ0v) is 16.1. The summed E-state index contributed by atoms with van der Waals surface area (Å²) < 4.78 is 33.2. The molecule has 0 aliphatic heterocycles. The van der Waals surface area contributed by atoms with Crippen LogP contribution in [0.15, 0.2) is 41.6 Å². The molecule has 0 aliphatic rings. The second kappa shape index (κ2) is 8.34. The molecule has 1 atom stereocenters. The van der Waals surface area contributed by atoms with Gasteiger partial charge in [-0.1, -0.05) is 17.8 Å². The topological polar surface area (TPSA) is 81.9 Å². The molecular weight excluding hydrogens is 388 g/mol. The first-order chi connectivity index (χ1) is 13.4. The first kappa shape index (κ1) is 19.7. The van der Waals surface area contributed by atoms with Crippen LogP contribution in [0, 0.1) is 18.6 Å². The molecule has 0 aliphatic carbocycles. The number of thioether (sulfide) groups is 1. The summed E-state index contributed by atoms with van der Waals surface area (Å²) in [5.74, 6) is -1.83. The number of hydrogen-bond donors (Lipinski definition) is 1. The third-order valence-electron chi connectivity index (χ3n) is 3.84. The zero-order valence-electron chi connectivity index (χ0n) is 15.3. The van der Waals surface area contributed by atoms with Gasteiger partial charge < -0.3 is 10.1 Å². The molecule has 0 bridgehead atoms. The average molecular weight is 405 g/mol. The normalized spacial score (nSPS) is 11.9. The minimum absolute atomic E-state index is 0.163. The van der Waals surface area contributed by atoms with Crippen molar-refractivity contribution in [1.82, 2.24) is 20.2 Å². The molecule has 10 heteroatoms. The smallest absolute Gasteiger partial charge is 0.237 e. The van der Waals surface area contributed by atoms with Crippen molar-refractivity contribution in [2.24, 2.45) is 0 Å². The van der Waals surface area contributed by atoms with E-state index in [1.165, 1.54) is 10.7 Å². The fraction of sp³-hybridized carbons (Fsp3) is 0.222. The van der Waals surface area contributed by atoms with Crippen LogP contribution in [-0.2, 0) is 4.79 Å². The highest BCUT2D eigenvalue weighted by Crippen LogP contribution is 2.29. The molecule has 0 radical (unpaired) electrons. The highest BCUT2D eigenvalue weighted by Gasteiger charge is 2.21. The van der Waals surface area contributed by atoms with Gasteiger partial charge in [0.1, 0.15) is 11.4 Å². The number of tetrazole rings is 1. The summed E-state index contributed by atoms with van der Waals surface area (Å²) in [7, 11) is 1.54. The molecule has 1 aromatic heterocycles. The molecule has 1 unspecified atom stereocenters. The van der Waals surface area contributed by atoms with Gasteiger partial charge in [0.15, 0.2) is 11.6 Å². The van der Waals surface area contributed by atoms with Crippen molar-refractivity contribution in [3.63, 3.8) is 0 Å². The Labute approximate surface area is 164 Å². The van der Waals surface area contributed by atoms with Gasteiger partial charge in [-0.05, 0) is 54.1 Å². The second-order valence-corrected chi connectivity index (χ2v) is 7.23. The monoisotopic (exact) mass is 405 g/mol. The third kappa shape index (κ3) is 4.28. The molecule has 3 rings (SSSR count). The second-order valence-electron chi connectivity index (χ2n) is 5.93. The molecule has 146 valence electrons. The number of nitrogens with zero attached hydrogens (tertiary/aromatic N) is 4. The number of methoxy groups -OCH3 is 1. The largest absolute Gasteiger partial charge is 0.494 e. The zero-order chi connectivity index (χ0) is 20.3. The quantitative estimate of drug-likeness (QED) is 0.633. The van der Waals surface area contributed by atoms with Gasteiger partial charge in [-0.25, -0.2) is 8.78 Å². The summed E-state index contributed by atoms with van der Waals surface area (Å²) >= 11 is 1.12. The molecule has 1 heterocycles. The summed E-state index contributed by atoms with van der Waals surface area (Å²) in [6.07, 6.45) is 0. The summed E-state index contributed by atoms with van der Waals surface area (Å²) in [5, 5.41) is 14.0. The molecule has 28 heavy (non-hydrogen) atoms. The van der Waals surface area contributed by atoms with Crippen LogP contribution in [0.25, 0.3) is 5.69 Å². The molecule has 7 nitrogen and oxygen atoms in total. The van der Waals surface area contributed by atoms with Crippen molar-refractivity contribution in [1.29, 1.82) is 0 Å². The number of rotatable bonds is 6. The van der Waals surface area contributed by atoms with Gasteiger partial charge in [-0.2, -0.15) is 4.68 Å². The number of carbonyl (C=O) groups is 1. The number of hydrogen-bond acceptors (Lipinski definition) is 6. The van der Waals surface area contributed by atoms with Crippen LogP contribution in [0.3, 0.4) is 0 Å². The van der Waals surface area contributed by atoms with Gasteiger partial charge in [0.25, 0.3) is 0 Å². The maximum Gasteiger partial charge on any atom is 0.237 e. The minimum atomic E-state index is -1.03. The number of halogens is 2. The SMILES string of the molecule is COc1ccc(C)cc1-n1nnnc1SC(C)C(=O)Nc1ccc(F)c(F)c1. The fourth-order valence-corrected chi connectivity index (χ4v) is 3.20. The van der Waals surface area contributed by atoms with E-state index in [2.05, 4.69) is 20.8 Å². The number of anilines is 1. The van der Waals surface area contributed by atoms with Crippen molar-refractivity contribution in [2.75, 3.05) is 12.4 Å². The third-order valence-corrected chi connectivity index (χ3v) is 4.88. The van der Waals surface area contributed by atoms with Crippen LogP contribution in [-0.4, -0.2) is 38.5 Å². The van der Waals surface area contributed by atoms with Crippen LogP contribution in [0.4, 0.5) is 14.5 Å². The Bertz CT molecular complexity index is 1010. The number of nitrogens with one attached hydrogen (secondary N) is 1. The molecule has 1 amide bonds. The Kier molecular flexibility index (Phi) is 5.88. The van der Waals surface area contributed by atoms with Crippen molar-refractivity contribution >= 4 is 23.4 Å². The first-order valence-corrected chi connectivity index (χ1v) is 9.13. The van der Waals surface area contributed by atoms with Crippen LogP contribution >= 0.6 is 11.8 Å². The molecule has 3 aromatic rings. The predicted molar refractivity (Wildman–Crippen MR) is 101 cm³/mol. The van der Waals surface area contributed by atoms with E-state index >= 15 is 0 Å². The first-order valence-electron chi connectivity index (χ1n) is 8.25. The Morgan fingerprint density at radius 1 is 1.21 bits per heavy atom. The highest BCUT2D eigenvalue weighted by atomic mass is 32.2. The van der Waals surface area contributed by atoms with Gasteiger partial charge in [0, 0.05) is 11.8 Å². The van der Waals surface area contributed by atoms with Crippen LogP contribution in [0.5, 0.6) is 5.75 Å². The highest BCUT2D eigenvalue weighted by molar-refractivity contribution is 8.00. The molecule has 0 fully saturated rings. The van der Waals surface area contributed by atoms with Crippen LogP contribution < -0.4 is 10.1 Å². The summed E-state index contributed by atoms with van der Waals surface area (Å²) in [4.78, 5) is 12.4. The lowest BCUT2D eigenvalue weighted by Gasteiger charge is -2.13. The Morgan fingerprint density at radius 3 is 2.71 bits per heavy atom. The van der Waals surface area contributed by atoms with Crippen molar-refractivity contribution in [3.8, 4) is 11.4 Å². The van der Waals surface area contributed by atoms with Gasteiger partial charge in [-0.3, -0.25) is 4.79 Å². The number of benzene rings is 2. The van der Waals surface area contributed by atoms with Gasteiger partial charge in [0.2, 0.25) is 11.1 Å². The van der Waals surface area contributed by atoms with E-state index in [1.807, 2.05) is 19.1 Å². The van der Waals surface area contributed by atoms with Gasteiger partial charge >= 0.3 is 0 Å². The molecule has 2 aromatic carbocycles. The number of carbonyl (C=O) groups excluding carboxylic acids is 1. The molecule has 1 N–H and O–H groups in total. The standard InChI is InChI=1S/C18H17F2N5O2S/c1-10-4-7-16(27-3)15(8-10)25-18(22-23-24-25)28-11(2)17(26)21-12-5-6-13(19)14(20)9-12/h4-9,11H,1-3H3,(H,21,26). The van der Waals surface area contributed by atoms with E-state index in [1.54, 1.807) is 20.1 Å². The maximum absolute atomic E-state index is 13.3. The Hall–Kier alpha value is -3.01. The maximum atomic E-state index is 13.3. The summed E-state index contributed by atoms with van der Waals surface area (Å²) in [6, 6.07) is 8.73. The lowest BCUT2D eigenvalue weighted by Crippen LogP contribution is -2.23. The van der Waals surface area contributed by atoms with Crippen molar-refractivity contribution in [3.05, 3.63) is 53.6 Å². The average Bonchev–Trinajstić information content (AvgIpc) is 3.12. The number of aryl methyl sites for hydroxylation is 1. The lowest BCUT2D eigenvalue weighted by atomic mass is 10.2. The van der Waals surface area contributed by atoms with Crippen LogP contribution in [0.2, 0.25) is 0 Å². The van der Waals surface area contributed by atoms with E-state index in [4.69, 9.17) is 4.74 Å². The molecule has 0 saturated heterocycles. The number of ether oxygens (including phenoxy) is 1. The molecule has 0 saturated carbocycles. The van der Waals surface area contributed by atoms with Crippen molar-refractivity contribution < 1.29 is 18.3 Å². The van der Waals surface area contributed by atoms with E-state index < -0.39 is 22.8 Å². The van der Waals surface area contributed by atoms with E-state index in [0.29, 0.717) is 16.6 Å². The summed E-state index contributed by atoms with van der Waals surface area (Å²) in [6.45, 7) is 3.59. The van der Waals surface area contributed by atoms with E-state index in [0.717, 1.165) is 29.5 Å². The van der Waals surface area contributed by atoms with E-state index in [-0.39, 0.29) is 5.69 Å². The Balaban J connectivity index is 1.77. The Morgan fingerprint density at radius 2 is 2.00 bits per heavy atom. The fourth-order valence-electron chi connectivity index (χ4n) is 2.40. The number of amides is 1. The minimum Gasteiger partial charge on any atom is -0.494 e. The number of aromatic nitrogens is 4. The van der Waals surface area contributed by atoms with Gasteiger partial charge in [-0.15, -0.1) is 5.10 Å². The molecule has 0 spiro atoms. The summed E-state index contributed by atoms with van der Waals surface area (Å²) in [5.41, 5.74) is 1.80. The van der Waals surface area contributed by atoms with Gasteiger partial charge in [0.05, 0.1) is 12.4 Å². The van der Waals surface area contributed by atoms with Crippen molar-refractivity contribution in [2.45, 2.75) is 24.3 Å².